The summed E-state index contributed by atoms with van der Waals surface area (Å²) in [7, 11) is 1.68. The van der Waals surface area contributed by atoms with Crippen molar-refractivity contribution in [1.82, 2.24) is 15.1 Å². The average Bonchev–Trinajstić information content (AvgIpc) is 2.77. The molecular formula is C16H22BrN3O. The van der Waals surface area contributed by atoms with Crippen LogP contribution in [0.1, 0.15) is 23.4 Å². The molecule has 2 rings (SSSR count). The molecule has 1 N–H and O–H groups in total. The van der Waals surface area contributed by atoms with Crippen LogP contribution in [0.2, 0.25) is 0 Å². The van der Waals surface area contributed by atoms with Gasteiger partial charge in [-0.1, -0.05) is 6.07 Å². The van der Waals surface area contributed by atoms with E-state index in [4.69, 9.17) is 4.74 Å². The minimum absolute atomic E-state index is 0.861. The standard InChI is InChI=1S/C16H22BrN3O/c1-12-9-13(2)20(19-12)8-4-7-18-11-14-5-6-16(21-3)15(17)10-14/h5-6,9-10,18H,4,7-8,11H2,1-3H3. The molecule has 4 nitrogen and oxygen atoms in total. The molecule has 0 radical (unpaired) electrons. The molecular weight excluding hydrogens is 330 g/mol. The molecule has 0 atom stereocenters. The summed E-state index contributed by atoms with van der Waals surface area (Å²) < 4.78 is 8.29. The number of benzene rings is 1. The number of rotatable bonds is 7. The first-order valence-electron chi connectivity index (χ1n) is 7.14. The number of aryl methyl sites for hydroxylation is 3. The molecule has 0 spiro atoms. The van der Waals surface area contributed by atoms with E-state index in [9.17, 15) is 0 Å². The molecule has 1 heterocycles. The van der Waals surface area contributed by atoms with Gasteiger partial charge in [0, 0.05) is 18.8 Å². The molecule has 21 heavy (non-hydrogen) atoms. The molecule has 1 aromatic carbocycles. The minimum Gasteiger partial charge on any atom is -0.496 e. The Hall–Kier alpha value is -1.33. The SMILES string of the molecule is COc1ccc(CNCCCn2nc(C)cc2C)cc1Br. The number of nitrogens with one attached hydrogen (secondary N) is 1. The molecule has 0 amide bonds. The van der Waals surface area contributed by atoms with Crippen LogP contribution in [0.15, 0.2) is 28.7 Å². The van der Waals surface area contributed by atoms with E-state index in [1.165, 1.54) is 11.3 Å². The first-order valence-corrected chi connectivity index (χ1v) is 7.93. The van der Waals surface area contributed by atoms with Gasteiger partial charge < -0.3 is 10.1 Å². The van der Waals surface area contributed by atoms with Gasteiger partial charge in [-0.05, 0) is 66.5 Å². The maximum atomic E-state index is 5.23. The number of methoxy groups -OCH3 is 1. The Kier molecular flexibility index (Phi) is 5.82. The summed E-state index contributed by atoms with van der Waals surface area (Å²) >= 11 is 3.51. The molecule has 0 aliphatic heterocycles. The predicted molar refractivity (Wildman–Crippen MR) is 88.7 cm³/mol. The van der Waals surface area contributed by atoms with Crippen LogP contribution in [-0.2, 0) is 13.1 Å². The van der Waals surface area contributed by atoms with Crippen LogP contribution in [0.3, 0.4) is 0 Å². The number of nitrogens with zero attached hydrogens (tertiary/aromatic N) is 2. The predicted octanol–water partition coefficient (Wildman–Crippen LogP) is 3.45. The summed E-state index contributed by atoms with van der Waals surface area (Å²) in [6, 6.07) is 8.27. The van der Waals surface area contributed by atoms with Crippen LogP contribution in [0.5, 0.6) is 5.75 Å². The summed E-state index contributed by atoms with van der Waals surface area (Å²) in [5.41, 5.74) is 3.56. The van der Waals surface area contributed by atoms with Crippen molar-refractivity contribution >= 4 is 15.9 Å². The normalized spacial score (nSPS) is 10.9. The summed E-state index contributed by atoms with van der Waals surface area (Å²) in [5.74, 6) is 0.864. The van der Waals surface area contributed by atoms with Gasteiger partial charge >= 0.3 is 0 Å². The van der Waals surface area contributed by atoms with Crippen LogP contribution in [0.4, 0.5) is 0 Å². The van der Waals surface area contributed by atoms with Gasteiger partial charge in [0.25, 0.3) is 0 Å². The van der Waals surface area contributed by atoms with Crippen LogP contribution < -0.4 is 10.1 Å². The van der Waals surface area contributed by atoms with Gasteiger partial charge in [-0.3, -0.25) is 4.68 Å². The van der Waals surface area contributed by atoms with E-state index in [0.29, 0.717) is 0 Å². The molecule has 5 heteroatoms. The summed E-state index contributed by atoms with van der Waals surface area (Å²) in [4.78, 5) is 0. The maximum Gasteiger partial charge on any atom is 0.133 e. The Morgan fingerprint density at radius 1 is 1.29 bits per heavy atom. The fourth-order valence-electron chi connectivity index (χ4n) is 2.31. The van der Waals surface area contributed by atoms with Gasteiger partial charge in [0.1, 0.15) is 5.75 Å². The van der Waals surface area contributed by atoms with Gasteiger partial charge in [0.15, 0.2) is 0 Å². The van der Waals surface area contributed by atoms with Gasteiger partial charge in [0.05, 0.1) is 17.3 Å². The van der Waals surface area contributed by atoms with Crippen LogP contribution in [-0.4, -0.2) is 23.4 Å². The molecule has 114 valence electrons. The van der Waals surface area contributed by atoms with E-state index in [1.54, 1.807) is 7.11 Å². The molecule has 0 unspecified atom stereocenters. The average molecular weight is 352 g/mol. The highest BCUT2D eigenvalue weighted by molar-refractivity contribution is 9.10. The van der Waals surface area contributed by atoms with E-state index >= 15 is 0 Å². The van der Waals surface area contributed by atoms with Crippen molar-refractivity contribution < 1.29 is 4.74 Å². The van der Waals surface area contributed by atoms with E-state index in [0.717, 1.165) is 42.0 Å². The van der Waals surface area contributed by atoms with E-state index < -0.39 is 0 Å². The second-order valence-electron chi connectivity index (χ2n) is 5.15. The molecule has 0 fully saturated rings. The highest BCUT2D eigenvalue weighted by Crippen LogP contribution is 2.25. The Morgan fingerprint density at radius 3 is 2.71 bits per heavy atom. The van der Waals surface area contributed by atoms with Crippen molar-refractivity contribution in [3.8, 4) is 5.75 Å². The van der Waals surface area contributed by atoms with Crippen LogP contribution in [0.25, 0.3) is 0 Å². The highest BCUT2D eigenvalue weighted by Gasteiger charge is 2.02. The monoisotopic (exact) mass is 351 g/mol. The Balaban J connectivity index is 1.72. The first-order chi connectivity index (χ1) is 10.1. The second kappa shape index (κ2) is 7.61. The first kappa shape index (κ1) is 16.0. The molecule has 0 aliphatic carbocycles. The van der Waals surface area contributed by atoms with E-state index in [1.807, 2.05) is 13.0 Å². The molecule has 1 aromatic heterocycles. The lowest BCUT2D eigenvalue weighted by Gasteiger charge is -2.08. The van der Waals surface area contributed by atoms with Gasteiger partial charge in [0.2, 0.25) is 0 Å². The van der Waals surface area contributed by atoms with Crippen LogP contribution >= 0.6 is 15.9 Å². The fourth-order valence-corrected chi connectivity index (χ4v) is 2.90. The lowest BCUT2D eigenvalue weighted by Crippen LogP contribution is -2.17. The largest absolute Gasteiger partial charge is 0.496 e. The van der Waals surface area contributed by atoms with E-state index in [2.05, 4.69) is 56.2 Å². The van der Waals surface area contributed by atoms with Crippen molar-refractivity contribution in [3.05, 3.63) is 45.7 Å². The van der Waals surface area contributed by atoms with Crippen molar-refractivity contribution in [2.75, 3.05) is 13.7 Å². The molecule has 0 bridgehead atoms. The van der Waals surface area contributed by atoms with E-state index in [-0.39, 0.29) is 0 Å². The smallest absolute Gasteiger partial charge is 0.133 e. The number of hydrogen-bond acceptors (Lipinski definition) is 3. The number of hydrogen-bond donors (Lipinski definition) is 1. The van der Waals surface area contributed by atoms with Crippen molar-refractivity contribution in [3.63, 3.8) is 0 Å². The van der Waals surface area contributed by atoms with Crippen molar-refractivity contribution in [1.29, 1.82) is 0 Å². The minimum atomic E-state index is 0.861. The zero-order valence-electron chi connectivity index (χ0n) is 12.8. The highest BCUT2D eigenvalue weighted by atomic mass is 79.9. The second-order valence-corrected chi connectivity index (χ2v) is 6.00. The molecule has 0 saturated heterocycles. The van der Waals surface area contributed by atoms with Gasteiger partial charge in [-0.15, -0.1) is 0 Å². The summed E-state index contributed by atoms with van der Waals surface area (Å²) in [6.07, 6.45) is 1.07. The molecule has 0 aliphatic rings. The third-order valence-electron chi connectivity index (χ3n) is 3.37. The Bertz CT molecular complexity index is 595. The number of ether oxygens (including phenoxy) is 1. The number of aromatic nitrogens is 2. The molecule has 2 aromatic rings. The third kappa shape index (κ3) is 4.58. The molecule has 0 saturated carbocycles. The quantitative estimate of drug-likeness (QED) is 0.776. The summed E-state index contributed by atoms with van der Waals surface area (Å²) in [5, 5.41) is 7.93. The summed E-state index contributed by atoms with van der Waals surface area (Å²) in [6.45, 7) is 6.92. The van der Waals surface area contributed by atoms with Crippen molar-refractivity contribution in [2.24, 2.45) is 0 Å². The lowest BCUT2D eigenvalue weighted by molar-refractivity contribution is 0.412. The fraction of sp³-hybridized carbons (Fsp3) is 0.438. The maximum absolute atomic E-state index is 5.23. The topological polar surface area (TPSA) is 39.1 Å². The van der Waals surface area contributed by atoms with Crippen LogP contribution in [0, 0.1) is 13.8 Å². The van der Waals surface area contributed by atoms with Gasteiger partial charge in [-0.2, -0.15) is 5.10 Å². The van der Waals surface area contributed by atoms with Crippen molar-refractivity contribution in [2.45, 2.75) is 33.4 Å². The zero-order chi connectivity index (χ0) is 15.2. The number of halogens is 1. The Labute approximate surface area is 134 Å². The zero-order valence-corrected chi connectivity index (χ0v) is 14.4. The lowest BCUT2D eigenvalue weighted by atomic mass is 10.2. The third-order valence-corrected chi connectivity index (χ3v) is 3.99. The Morgan fingerprint density at radius 2 is 2.10 bits per heavy atom. The van der Waals surface area contributed by atoms with Gasteiger partial charge in [-0.25, -0.2) is 0 Å².